The Hall–Kier alpha value is -2.49. The normalized spacial score (nSPS) is 22.0. The molecule has 3 atom stereocenters. The molecule has 140 valence electrons. The van der Waals surface area contributed by atoms with E-state index in [4.69, 9.17) is 23.2 Å². The van der Waals surface area contributed by atoms with Crippen LogP contribution in [0.2, 0.25) is 10.0 Å². The van der Waals surface area contributed by atoms with E-state index in [1.54, 1.807) is 6.07 Å². The lowest BCUT2D eigenvalue weighted by molar-refractivity contribution is 0.0696. The van der Waals surface area contributed by atoms with Gasteiger partial charge in [0.25, 0.3) is 0 Å². The van der Waals surface area contributed by atoms with Gasteiger partial charge in [0.2, 0.25) is 0 Å². The molecule has 0 fully saturated rings. The van der Waals surface area contributed by atoms with Crippen LogP contribution in [0.3, 0.4) is 0 Å². The van der Waals surface area contributed by atoms with Crippen molar-refractivity contribution >= 4 is 34.9 Å². The minimum absolute atomic E-state index is 0.0651. The predicted molar refractivity (Wildman–Crippen MR) is 112 cm³/mol. The number of carbonyl (C=O) groups is 1. The van der Waals surface area contributed by atoms with Crippen LogP contribution in [0.15, 0.2) is 60.7 Å². The van der Waals surface area contributed by atoms with Crippen LogP contribution >= 0.6 is 23.2 Å². The molecule has 0 spiro atoms. The second-order valence-electron chi connectivity index (χ2n) is 7.45. The molecule has 3 aromatic carbocycles. The summed E-state index contributed by atoms with van der Waals surface area (Å²) in [4.78, 5) is 11.5. The number of carboxylic acid groups (broad SMARTS) is 1. The van der Waals surface area contributed by atoms with Crippen LogP contribution in [0.5, 0.6) is 0 Å². The van der Waals surface area contributed by atoms with E-state index >= 15 is 0 Å². The van der Waals surface area contributed by atoms with Crippen molar-refractivity contribution in [3.63, 3.8) is 0 Å². The minimum atomic E-state index is -0.905. The van der Waals surface area contributed by atoms with Crippen LogP contribution in [0.4, 0.5) is 5.69 Å². The molecule has 3 nitrogen and oxygen atoms in total. The highest BCUT2D eigenvalue weighted by molar-refractivity contribution is 6.42. The van der Waals surface area contributed by atoms with Gasteiger partial charge in [-0.2, -0.15) is 0 Å². The predicted octanol–water partition coefficient (Wildman–Crippen LogP) is 6.16. The average molecular weight is 410 g/mol. The summed E-state index contributed by atoms with van der Waals surface area (Å²) >= 11 is 12.4. The van der Waals surface area contributed by atoms with Crippen LogP contribution in [0.25, 0.3) is 0 Å². The van der Waals surface area contributed by atoms with Crippen molar-refractivity contribution in [3.8, 4) is 0 Å². The summed E-state index contributed by atoms with van der Waals surface area (Å²) in [5, 5.41) is 14.2. The molecule has 5 rings (SSSR count). The van der Waals surface area contributed by atoms with E-state index in [9.17, 15) is 9.90 Å². The lowest BCUT2D eigenvalue weighted by Crippen LogP contribution is -2.30. The van der Waals surface area contributed by atoms with Gasteiger partial charge >= 0.3 is 5.97 Å². The van der Waals surface area contributed by atoms with E-state index < -0.39 is 5.97 Å². The Balaban J connectivity index is 1.68. The van der Waals surface area contributed by atoms with Crippen LogP contribution in [0, 0.1) is 5.92 Å². The summed E-state index contributed by atoms with van der Waals surface area (Å²) in [6.45, 7) is 0. The number of aromatic carboxylic acids is 1. The number of nitrogens with one attached hydrogen (secondary N) is 1. The van der Waals surface area contributed by atoms with Crippen molar-refractivity contribution < 1.29 is 9.90 Å². The third kappa shape index (κ3) is 2.69. The Morgan fingerprint density at radius 3 is 2.57 bits per heavy atom. The number of halogens is 2. The van der Waals surface area contributed by atoms with Crippen molar-refractivity contribution in [3.05, 3.63) is 98.5 Å². The van der Waals surface area contributed by atoms with Gasteiger partial charge in [0.15, 0.2) is 0 Å². The Morgan fingerprint density at radius 2 is 1.79 bits per heavy atom. The lowest BCUT2D eigenvalue weighted by atomic mass is 9.75. The van der Waals surface area contributed by atoms with Gasteiger partial charge in [-0.05, 0) is 64.9 Å². The fourth-order valence-corrected chi connectivity index (χ4v) is 5.04. The van der Waals surface area contributed by atoms with Gasteiger partial charge < -0.3 is 10.4 Å². The minimum Gasteiger partial charge on any atom is -0.478 e. The average Bonchev–Trinajstić information content (AvgIpc) is 3.09. The number of fused-ring (bicyclic) bond motifs is 5. The van der Waals surface area contributed by atoms with Gasteiger partial charge in [0.1, 0.15) is 0 Å². The van der Waals surface area contributed by atoms with Gasteiger partial charge in [-0.3, -0.25) is 0 Å². The van der Waals surface area contributed by atoms with Crippen LogP contribution in [-0.2, 0) is 6.42 Å². The fraction of sp³-hybridized carbons (Fsp3) is 0.174. The Kier molecular flexibility index (Phi) is 4.11. The summed E-state index contributed by atoms with van der Waals surface area (Å²) < 4.78 is 0. The highest BCUT2D eigenvalue weighted by atomic mass is 35.5. The monoisotopic (exact) mass is 409 g/mol. The van der Waals surface area contributed by atoms with E-state index in [-0.39, 0.29) is 17.9 Å². The Bertz CT molecular complexity index is 1110. The second kappa shape index (κ2) is 6.54. The first kappa shape index (κ1) is 17.6. The number of anilines is 1. The molecule has 0 unspecified atom stereocenters. The molecule has 0 amide bonds. The van der Waals surface area contributed by atoms with Gasteiger partial charge in [-0.25, -0.2) is 4.79 Å². The van der Waals surface area contributed by atoms with Crippen molar-refractivity contribution in [2.75, 3.05) is 5.32 Å². The smallest absolute Gasteiger partial charge is 0.335 e. The molecule has 3 aromatic rings. The molecule has 0 aromatic heterocycles. The molecular weight excluding hydrogens is 393 g/mol. The summed E-state index contributed by atoms with van der Waals surface area (Å²) in [6.07, 6.45) is 0.926. The molecular formula is C23H17Cl2NO2. The van der Waals surface area contributed by atoms with E-state index in [0.717, 1.165) is 23.2 Å². The summed E-state index contributed by atoms with van der Waals surface area (Å²) in [5.74, 6) is -0.491. The SMILES string of the molecule is O=C(O)c1ccc2c(c1)[C@@H]1c3ccccc3C[C@@H]1[C@@H](c1ccc(Cl)c(Cl)c1)N2. The van der Waals surface area contributed by atoms with E-state index in [2.05, 4.69) is 29.6 Å². The summed E-state index contributed by atoms with van der Waals surface area (Å²) in [5.41, 5.74) is 6.02. The lowest BCUT2D eigenvalue weighted by Gasteiger charge is -2.38. The zero-order valence-electron chi connectivity index (χ0n) is 14.8. The van der Waals surface area contributed by atoms with Gasteiger partial charge in [0, 0.05) is 11.6 Å². The van der Waals surface area contributed by atoms with Crippen molar-refractivity contribution in [1.29, 1.82) is 0 Å². The van der Waals surface area contributed by atoms with Crippen molar-refractivity contribution in [1.82, 2.24) is 0 Å². The highest BCUT2D eigenvalue weighted by Crippen LogP contribution is 2.54. The maximum Gasteiger partial charge on any atom is 0.335 e. The molecule has 2 N–H and O–H groups in total. The van der Waals surface area contributed by atoms with Gasteiger partial charge in [-0.1, -0.05) is 53.5 Å². The zero-order chi connectivity index (χ0) is 19.4. The molecule has 0 saturated heterocycles. The van der Waals surface area contributed by atoms with E-state index in [1.165, 1.54) is 11.1 Å². The first-order valence-corrected chi connectivity index (χ1v) is 9.95. The number of benzene rings is 3. The number of carboxylic acids is 1. The first-order chi connectivity index (χ1) is 13.5. The maximum absolute atomic E-state index is 11.5. The first-order valence-electron chi connectivity index (χ1n) is 9.19. The molecule has 28 heavy (non-hydrogen) atoms. The van der Waals surface area contributed by atoms with Crippen molar-refractivity contribution in [2.45, 2.75) is 18.4 Å². The van der Waals surface area contributed by atoms with Crippen LogP contribution < -0.4 is 5.32 Å². The third-order valence-corrected chi connectivity index (χ3v) is 6.69. The standard InChI is InChI=1S/C23H17Cl2NO2/c24-18-7-5-13(11-19(18)25)22-17-9-12-3-1-2-4-15(12)21(17)16-10-14(23(27)28)6-8-20(16)26-22/h1-8,10-11,17,21-22,26H,9H2,(H,27,28)/t17-,21-,22+/m0/s1. The van der Waals surface area contributed by atoms with Crippen molar-refractivity contribution in [2.24, 2.45) is 5.92 Å². The number of hydrogen-bond acceptors (Lipinski definition) is 2. The number of rotatable bonds is 2. The summed E-state index contributed by atoms with van der Waals surface area (Å²) in [7, 11) is 0. The second-order valence-corrected chi connectivity index (χ2v) is 8.26. The van der Waals surface area contributed by atoms with E-state index in [1.807, 2.05) is 30.3 Å². The topological polar surface area (TPSA) is 49.3 Å². The molecule has 1 aliphatic carbocycles. The van der Waals surface area contributed by atoms with Crippen LogP contribution in [0.1, 0.15) is 44.6 Å². The molecule has 1 aliphatic heterocycles. The molecule has 5 heteroatoms. The Labute approximate surface area is 172 Å². The van der Waals surface area contributed by atoms with Gasteiger partial charge in [0.05, 0.1) is 21.7 Å². The highest BCUT2D eigenvalue weighted by Gasteiger charge is 2.43. The number of hydrogen-bond donors (Lipinski definition) is 2. The molecule has 1 heterocycles. The fourth-order valence-electron chi connectivity index (χ4n) is 4.73. The van der Waals surface area contributed by atoms with E-state index in [0.29, 0.717) is 15.6 Å². The maximum atomic E-state index is 11.5. The van der Waals surface area contributed by atoms with Crippen LogP contribution in [-0.4, -0.2) is 11.1 Å². The molecule has 0 saturated carbocycles. The van der Waals surface area contributed by atoms with Gasteiger partial charge in [-0.15, -0.1) is 0 Å². The quantitative estimate of drug-likeness (QED) is 0.532. The Morgan fingerprint density at radius 1 is 0.964 bits per heavy atom. The molecule has 0 bridgehead atoms. The molecule has 0 radical (unpaired) electrons. The third-order valence-electron chi connectivity index (χ3n) is 5.95. The zero-order valence-corrected chi connectivity index (χ0v) is 16.3. The largest absolute Gasteiger partial charge is 0.478 e. The summed E-state index contributed by atoms with van der Waals surface area (Å²) in [6, 6.07) is 19.6. The molecule has 2 aliphatic rings.